The van der Waals surface area contributed by atoms with Gasteiger partial charge in [-0.3, -0.25) is 14.9 Å². The molecule has 0 aliphatic heterocycles. The van der Waals surface area contributed by atoms with E-state index in [-0.39, 0.29) is 29.5 Å². The molecule has 0 spiro atoms. The van der Waals surface area contributed by atoms with Gasteiger partial charge in [-0.15, -0.1) is 0 Å². The number of rotatable bonds is 10. The van der Waals surface area contributed by atoms with Crippen molar-refractivity contribution in [2.75, 3.05) is 19.6 Å². The Morgan fingerprint density at radius 3 is 2.38 bits per heavy atom. The number of hydrogen-bond acceptors (Lipinski definition) is 5. The quantitative estimate of drug-likeness (QED) is 0.508. The van der Waals surface area contributed by atoms with Crippen LogP contribution in [0.5, 0.6) is 0 Å². The second-order valence-corrected chi connectivity index (χ2v) is 6.99. The third-order valence-corrected chi connectivity index (χ3v) is 4.98. The predicted octanol–water partition coefficient (Wildman–Crippen LogP) is 1.91. The average molecular weight is 357 g/mol. The Labute approximate surface area is 142 Å². The van der Waals surface area contributed by atoms with Crippen molar-refractivity contribution in [3.63, 3.8) is 0 Å². The van der Waals surface area contributed by atoms with Crippen LogP contribution in [0.3, 0.4) is 0 Å². The summed E-state index contributed by atoms with van der Waals surface area (Å²) in [5.41, 5.74) is -0.182. The molecular weight excluding hydrogens is 334 g/mol. The van der Waals surface area contributed by atoms with Crippen LogP contribution < -0.4 is 4.72 Å². The number of hydrogen-bond donors (Lipinski definition) is 1. The SMILES string of the molecule is CCCCN(CC)C(=O)CCNS(=O)(=O)c1ccc([N+](=O)[O-])cc1. The van der Waals surface area contributed by atoms with Crippen molar-refractivity contribution < 1.29 is 18.1 Å². The van der Waals surface area contributed by atoms with E-state index in [0.717, 1.165) is 25.0 Å². The van der Waals surface area contributed by atoms with E-state index in [4.69, 9.17) is 0 Å². The molecule has 0 fully saturated rings. The lowest BCUT2D eigenvalue weighted by Gasteiger charge is -2.20. The summed E-state index contributed by atoms with van der Waals surface area (Å²) < 4.78 is 26.5. The third kappa shape index (κ3) is 5.89. The Morgan fingerprint density at radius 2 is 1.88 bits per heavy atom. The normalized spacial score (nSPS) is 11.2. The van der Waals surface area contributed by atoms with Crippen molar-refractivity contribution in [3.05, 3.63) is 34.4 Å². The smallest absolute Gasteiger partial charge is 0.269 e. The minimum Gasteiger partial charge on any atom is -0.343 e. The molecule has 1 N–H and O–H groups in total. The van der Waals surface area contributed by atoms with Gasteiger partial charge in [-0.25, -0.2) is 13.1 Å². The standard InChI is InChI=1S/C15H23N3O5S/c1-3-5-12-17(4-2)15(19)10-11-16-24(22,23)14-8-6-13(7-9-14)18(20)21/h6-9,16H,3-5,10-12H2,1-2H3. The van der Waals surface area contributed by atoms with Crippen LogP contribution >= 0.6 is 0 Å². The molecule has 0 unspecified atom stereocenters. The van der Waals surface area contributed by atoms with E-state index in [1.165, 1.54) is 12.1 Å². The second-order valence-electron chi connectivity index (χ2n) is 5.23. The van der Waals surface area contributed by atoms with Crippen molar-refractivity contribution in [1.82, 2.24) is 9.62 Å². The maximum Gasteiger partial charge on any atom is 0.269 e. The molecule has 1 rings (SSSR count). The molecule has 0 aliphatic rings. The number of amides is 1. The van der Waals surface area contributed by atoms with Gasteiger partial charge in [0.1, 0.15) is 0 Å². The Morgan fingerprint density at radius 1 is 1.25 bits per heavy atom. The highest BCUT2D eigenvalue weighted by Gasteiger charge is 2.17. The number of sulfonamides is 1. The maximum absolute atomic E-state index is 12.1. The van der Waals surface area contributed by atoms with E-state index >= 15 is 0 Å². The Hall–Kier alpha value is -2.00. The van der Waals surface area contributed by atoms with Gasteiger partial charge in [0.05, 0.1) is 9.82 Å². The van der Waals surface area contributed by atoms with E-state index in [2.05, 4.69) is 4.72 Å². The number of nitrogens with one attached hydrogen (secondary N) is 1. The van der Waals surface area contributed by atoms with Crippen molar-refractivity contribution >= 4 is 21.6 Å². The summed E-state index contributed by atoms with van der Waals surface area (Å²) in [7, 11) is -3.79. The Kier molecular flexibility index (Phi) is 7.80. The summed E-state index contributed by atoms with van der Waals surface area (Å²) in [6, 6.07) is 4.59. The van der Waals surface area contributed by atoms with E-state index in [9.17, 15) is 23.3 Å². The van der Waals surface area contributed by atoms with Crippen molar-refractivity contribution in [1.29, 1.82) is 0 Å². The van der Waals surface area contributed by atoms with Gasteiger partial charge in [0.15, 0.2) is 0 Å². The van der Waals surface area contributed by atoms with Gasteiger partial charge in [-0.1, -0.05) is 13.3 Å². The zero-order chi connectivity index (χ0) is 18.2. The summed E-state index contributed by atoms with van der Waals surface area (Å²) >= 11 is 0. The molecule has 9 heteroatoms. The molecule has 0 bridgehead atoms. The molecule has 0 heterocycles. The molecule has 134 valence electrons. The zero-order valence-electron chi connectivity index (χ0n) is 13.9. The number of nitrogens with zero attached hydrogens (tertiary/aromatic N) is 2. The first-order valence-electron chi connectivity index (χ1n) is 7.83. The largest absolute Gasteiger partial charge is 0.343 e. The first-order chi connectivity index (χ1) is 11.3. The number of nitro benzene ring substituents is 1. The summed E-state index contributed by atoms with van der Waals surface area (Å²) in [6.45, 7) is 5.17. The minimum atomic E-state index is -3.79. The fraction of sp³-hybridized carbons (Fsp3) is 0.533. The zero-order valence-corrected chi connectivity index (χ0v) is 14.7. The van der Waals surface area contributed by atoms with E-state index in [0.29, 0.717) is 13.1 Å². The highest BCUT2D eigenvalue weighted by molar-refractivity contribution is 7.89. The summed E-state index contributed by atoms with van der Waals surface area (Å²) in [5, 5.41) is 10.6. The lowest BCUT2D eigenvalue weighted by molar-refractivity contribution is -0.384. The molecular formula is C15H23N3O5S. The summed E-state index contributed by atoms with van der Waals surface area (Å²) in [6.07, 6.45) is 1.97. The molecule has 0 aliphatic carbocycles. The van der Waals surface area contributed by atoms with E-state index in [1.807, 2.05) is 13.8 Å². The summed E-state index contributed by atoms with van der Waals surface area (Å²) in [4.78, 5) is 23.6. The number of carbonyl (C=O) groups is 1. The van der Waals surface area contributed by atoms with Crippen LogP contribution in [0.4, 0.5) is 5.69 Å². The molecule has 1 aromatic carbocycles. The van der Waals surface area contributed by atoms with Gasteiger partial charge >= 0.3 is 0 Å². The van der Waals surface area contributed by atoms with Crippen molar-refractivity contribution in [2.45, 2.75) is 38.0 Å². The van der Waals surface area contributed by atoms with Crippen LogP contribution in [-0.2, 0) is 14.8 Å². The van der Waals surface area contributed by atoms with Crippen LogP contribution in [0.15, 0.2) is 29.2 Å². The number of benzene rings is 1. The van der Waals surface area contributed by atoms with Crippen molar-refractivity contribution in [2.24, 2.45) is 0 Å². The number of nitro groups is 1. The third-order valence-electron chi connectivity index (χ3n) is 3.50. The van der Waals surface area contributed by atoms with Crippen LogP contribution in [0.1, 0.15) is 33.1 Å². The highest BCUT2D eigenvalue weighted by Crippen LogP contribution is 2.15. The lowest BCUT2D eigenvalue weighted by Crippen LogP contribution is -2.35. The van der Waals surface area contributed by atoms with Crippen LogP contribution in [0.2, 0.25) is 0 Å². The minimum absolute atomic E-state index is 0.0131. The Balaban J connectivity index is 2.59. The number of carbonyl (C=O) groups excluding carboxylic acids is 1. The van der Waals surface area contributed by atoms with Crippen molar-refractivity contribution in [3.8, 4) is 0 Å². The first-order valence-corrected chi connectivity index (χ1v) is 9.32. The predicted molar refractivity (Wildman–Crippen MR) is 90.1 cm³/mol. The van der Waals surface area contributed by atoms with Gasteiger partial charge in [0, 0.05) is 38.2 Å². The number of non-ortho nitro benzene ring substituents is 1. The highest BCUT2D eigenvalue weighted by atomic mass is 32.2. The van der Waals surface area contributed by atoms with E-state index < -0.39 is 14.9 Å². The van der Waals surface area contributed by atoms with Gasteiger partial charge in [0.25, 0.3) is 5.69 Å². The monoisotopic (exact) mass is 357 g/mol. The molecule has 0 atom stereocenters. The summed E-state index contributed by atoms with van der Waals surface area (Å²) in [5.74, 6) is -0.0997. The molecule has 24 heavy (non-hydrogen) atoms. The number of unbranched alkanes of at least 4 members (excludes halogenated alkanes) is 1. The second kappa shape index (κ2) is 9.33. The maximum atomic E-state index is 12.1. The fourth-order valence-corrected chi connectivity index (χ4v) is 3.12. The van der Waals surface area contributed by atoms with Gasteiger partial charge in [0.2, 0.25) is 15.9 Å². The van der Waals surface area contributed by atoms with Gasteiger partial charge in [-0.05, 0) is 25.5 Å². The molecule has 1 amide bonds. The lowest BCUT2D eigenvalue weighted by atomic mass is 10.3. The fourth-order valence-electron chi connectivity index (χ4n) is 2.09. The molecule has 0 aromatic heterocycles. The van der Waals surface area contributed by atoms with Crippen LogP contribution in [0.25, 0.3) is 0 Å². The molecule has 8 nitrogen and oxygen atoms in total. The van der Waals surface area contributed by atoms with Gasteiger partial charge in [-0.2, -0.15) is 0 Å². The van der Waals surface area contributed by atoms with E-state index in [1.54, 1.807) is 4.90 Å². The topological polar surface area (TPSA) is 110 Å². The van der Waals surface area contributed by atoms with Gasteiger partial charge < -0.3 is 4.90 Å². The first kappa shape index (κ1) is 20.0. The molecule has 1 aromatic rings. The molecule has 0 radical (unpaired) electrons. The average Bonchev–Trinajstić information content (AvgIpc) is 2.55. The van der Waals surface area contributed by atoms with Crippen LogP contribution in [0, 0.1) is 10.1 Å². The Bertz CT molecular complexity index is 658. The molecule has 0 saturated carbocycles. The molecule has 0 saturated heterocycles. The van der Waals surface area contributed by atoms with Crippen LogP contribution in [-0.4, -0.2) is 43.8 Å².